The van der Waals surface area contributed by atoms with Crippen LogP contribution in [0.15, 0.2) is 48.7 Å². The van der Waals surface area contributed by atoms with E-state index < -0.39 is 0 Å². The maximum Gasteiger partial charge on any atom is 0.227 e. The lowest BCUT2D eigenvalue weighted by Crippen LogP contribution is -2.36. The Kier molecular flexibility index (Phi) is 8.38. The summed E-state index contributed by atoms with van der Waals surface area (Å²) < 4.78 is 5.37. The molecule has 1 aliphatic heterocycles. The van der Waals surface area contributed by atoms with Crippen LogP contribution in [0.3, 0.4) is 0 Å². The minimum Gasteiger partial charge on any atom is -0.378 e. The van der Waals surface area contributed by atoms with Crippen LogP contribution in [0.5, 0.6) is 0 Å². The van der Waals surface area contributed by atoms with Crippen molar-refractivity contribution in [1.82, 2.24) is 10.3 Å². The topological polar surface area (TPSA) is 98.6 Å². The monoisotopic (exact) mass is 421 g/mol. The largest absolute Gasteiger partial charge is 0.378 e. The van der Waals surface area contributed by atoms with E-state index >= 15 is 0 Å². The van der Waals surface area contributed by atoms with Crippen molar-refractivity contribution in [2.45, 2.75) is 25.8 Å². The molecule has 31 heavy (non-hydrogen) atoms. The first-order chi connectivity index (χ1) is 15.2. The first-order valence-electron chi connectivity index (χ1n) is 10.4. The van der Waals surface area contributed by atoms with Crippen LogP contribution in [0, 0.1) is 11.3 Å². The molecular formula is C23H27N5O3. The molecule has 3 rings (SSSR count). The highest BCUT2D eigenvalue weighted by Gasteiger charge is 2.17. The standard InChI is InChI=1S/C23H27N5O3/c24-10-4-12-28(20-5-2-1-3-6-20)23(30)8-7-22(29)26-18-19-9-11-25-21(17-19)27-13-15-31-16-14-27/h1-3,5-6,9,11,17H,4,7-8,12-16,18H2,(H,26,29). The molecule has 1 saturated heterocycles. The molecule has 162 valence electrons. The number of aromatic nitrogens is 1. The molecule has 1 N–H and O–H groups in total. The molecule has 2 aromatic rings. The summed E-state index contributed by atoms with van der Waals surface area (Å²) in [7, 11) is 0. The van der Waals surface area contributed by atoms with E-state index in [2.05, 4.69) is 21.3 Å². The fourth-order valence-electron chi connectivity index (χ4n) is 3.35. The molecule has 0 bridgehead atoms. The number of amides is 2. The van der Waals surface area contributed by atoms with E-state index in [4.69, 9.17) is 10.00 Å². The van der Waals surface area contributed by atoms with Gasteiger partial charge in [-0.2, -0.15) is 5.26 Å². The molecule has 0 saturated carbocycles. The quantitative estimate of drug-likeness (QED) is 0.667. The lowest BCUT2D eigenvalue weighted by atomic mass is 10.2. The number of hydrogen-bond donors (Lipinski definition) is 1. The lowest BCUT2D eigenvalue weighted by molar-refractivity contribution is -0.125. The summed E-state index contributed by atoms with van der Waals surface area (Å²) in [6, 6.07) is 15.1. The Labute approximate surface area is 182 Å². The molecule has 1 aromatic carbocycles. The number of hydrogen-bond acceptors (Lipinski definition) is 6. The predicted molar refractivity (Wildman–Crippen MR) is 117 cm³/mol. The summed E-state index contributed by atoms with van der Waals surface area (Å²) in [4.78, 5) is 33.1. The Bertz CT molecular complexity index is 907. The minimum atomic E-state index is -0.189. The van der Waals surface area contributed by atoms with Crippen LogP contribution in [0.4, 0.5) is 11.5 Å². The first-order valence-corrected chi connectivity index (χ1v) is 10.4. The number of nitrogens with one attached hydrogen (secondary N) is 1. The van der Waals surface area contributed by atoms with Crippen molar-refractivity contribution in [3.05, 3.63) is 54.2 Å². The van der Waals surface area contributed by atoms with Gasteiger partial charge in [-0.05, 0) is 29.8 Å². The first kappa shape index (κ1) is 22.2. The van der Waals surface area contributed by atoms with Gasteiger partial charge in [-0.3, -0.25) is 9.59 Å². The van der Waals surface area contributed by atoms with Gasteiger partial charge in [0.15, 0.2) is 0 Å². The van der Waals surface area contributed by atoms with E-state index in [-0.39, 0.29) is 31.1 Å². The second-order valence-electron chi connectivity index (χ2n) is 7.19. The number of nitriles is 1. The van der Waals surface area contributed by atoms with Crippen molar-refractivity contribution in [3.8, 4) is 6.07 Å². The second-order valence-corrected chi connectivity index (χ2v) is 7.19. The number of ether oxygens (including phenoxy) is 1. The van der Waals surface area contributed by atoms with Gasteiger partial charge in [-0.15, -0.1) is 0 Å². The van der Waals surface area contributed by atoms with E-state index in [1.807, 2.05) is 42.5 Å². The van der Waals surface area contributed by atoms with Crippen molar-refractivity contribution >= 4 is 23.3 Å². The Hall–Kier alpha value is -3.44. The highest BCUT2D eigenvalue weighted by Crippen LogP contribution is 2.16. The predicted octanol–water partition coefficient (Wildman–Crippen LogP) is 2.26. The van der Waals surface area contributed by atoms with E-state index in [1.54, 1.807) is 11.1 Å². The van der Waals surface area contributed by atoms with Crippen molar-refractivity contribution in [3.63, 3.8) is 0 Å². The van der Waals surface area contributed by atoms with E-state index in [0.717, 1.165) is 30.2 Å². The zero-order valence-electron chi connectivity index (χ0n) is 17.5. The molecule has 0 atom stereocenters. The average Bonchev–Trinajstić information content (AvgIpc) is 2.83. The highest BCUT2D eigenvalue weighted by molar-refractivity contribution is 5.95. The van der Waals surface area contributed by atoms with Gasteiger partial charge < -0.3 is 19.9 Å². The van der Waals surface area contributed by atoms with Gasteiger partial charge in [0.25, 0.3) is 0 Å². The molecule has 8 heteroatoms. The zero-order chi connectivity index (χ0) is 21.9. The number of nitrogens with zero attached hydrogens (tertiary/aromatic N) is 4. The normalized spacial score (nSPS) is 13.3. The van der Waals surface area contributed by atoms with Gasteiger partial charge in [-0.25, -0.2) is 4.98 Å². The van der Waals surface area contributed by atoms with Gasteiger partial charge in [0.2, 0.25) is 11.8 Å². The summed E-state index contributed by atoms with van der Waals surface area (Å²) in [5.41, 5.74) is 1.69. The number of rotatable bonds is 9. The smallest absolute Gasteiger partial charge is 0.227 e. The van der Waals surface area contributed by atoms with Gasteiger partial charge in [0.1, 0.15) is 5.82 Å². The number of pyridine rings is 1. The van der Waals surface area contributed by atoms with E-state index in [9.17, 15) is 9.59 Å². The van der Waals surface area contributed by atoms with Crippen LogP contribution in [0.25, 0.3) is 0 Å². The molecule has 0 radical (unpaired) electrons. The van der Waals surface area contributed by atoms with Crippen LogP contribution in [-0.4, -0.2) is 49.6 Å². The Morgan fingerprint density at radius 3 is 2.68 bits per heavy atom. The van der Waals surface area contributed by atoms with Gasteiger partial charge >= 0.3 is 0 Å². The molecule has 2 heterocycles. The third kappa shape index (κ3) is 6.79. The third-order valence-corrected chi connectivity index (χ3v) is 5.02. The van der Waals surface area contributed by atoms with Crippen LogP contribution in [0.1, 0.15) is 24.8 Å². The number of anilines is 2. The fraction of sp³-hybridized carbons (Fsp3) is 0.391. The van der Waals surface area contributed by atoms with Gasteiger partial charge in [0.05, 0.1) is 25.7 Å². The minimum absolute atomic E-state index is 0.0849. The third-order valence-electron chi connectivity index (χ3n) is 5.02. The van der Waals surface area contributed by atoms with Crippen molar-refractivity contribution in [2.24, 2.45) is 0 Å². The summed E-state index contributed by atoms with van der Waals surface area (Å²) in [6.45, 7) is 3.66. The number of carbonyl (C=O) groups excluding carboxylic acids is 2. The van der Waals surface area contributed by atoms with E-state index in [0.29, 0.717) is 26.3 Å². The van der Waals surface area contributed by atoms with Crippen LogP contribution < -0.4 is 15.1 Å². The molecule has 0 spiro atoms. The lowest BCUT2D eigenvalue weighted by Gasteiger charge is -2.28. The van der Waals surface area contributed by atoms with Crippen molar-refractivity contribution in [1.29, 1.82) is 5.26 Å². The molecule has 8 nitrogen and oxygen atoms in total. The molecule has 1 aromatic heterocycles. The SMILES string of the molecule is N#CCCN(C(=O)CCC(=O)NCc1ccnc(N2CCOCC2)c1)c1ccccc1. The fourth-order valence-corrected chi connectivity index (χ4v) is 3.35. The highest BCUT2D eigenvalue weighted by atomic mass is 16.5. The number of para-hydroxylation sites is 1. The maximum absolute atomic E-state index is 12.7. The van der Waals surface area contributed by atoms with Gasteiger partial charge in [0, 0.05) is 50.9 Å². The Morgan fingerprint density at radius 1 is 1.16 bits per heavy atom. The van der Waals surface area contributed by atoms with Crippen molar-refractivity contribution in [2.75, 3.05) is 42.6 Å². The van der Waals surface area contributed by atoms with Gasteiger partial charge in [-0.1, -0.05) is 18.2 Å². The summed E-state index contributed by atoms with van der Waals surface area (Å²) in [6.07, 6.45) is 2.15. The molecule has 0 unspecified atom stereocenters. The second kappa shape index (κ2) is 11.7. The summed E-state index contributed by atoms with van der Waals surface area (Å²) >= 11 is 0. The summed E-state index contributed by atoms with van der Waals surface area (Å²) in [5, 5.41) is 11.8. The van der Waals surface area contributed by atoms with Crippen LogP contribution >= 0.6 is 0 Å². The maximum atomic E-state index is 12.7. The number of carbonyl (C=O) groups is 2. The average molecular weight is 422 g/mol. The molecule has 1 aliphatic rings. The molecule has 0 aliphatic carbocycles. The number of morpholine rings is 1. The summed E-state index contributed by atoms with van der Waals surface area (Å²) in [5.74, 6) is 0.516. The van der Waals surface area contributed by atoms with Crippen LogP contribution in [-0.2, 0) is 20.9 Å². The Morgan fingerprint density at radius 2 is 1.94 bits per heavy atom. The van der Waals surface area contributed by atoms with E-state index in [1.165, 1.54) is 0 Å². The molecular weight excluding hydrogens is 394 g/mol. The molecule has 1 fully saturated rings. The zero-order valence-corrected chi connectivity index (χ0v) is 17.5. The Balaban J connectivity index is 1.49. The molecule has 2 amide bonds. The van der Waals surface area contributed by atoms with Crippen molar-refractivity contribution < 1.29 is 14.3 Å². The van der Waals surface area contributed by atoms with Crippen LogP contribution in [0.2, 0.25) is 0 Å². The number of benzene rings is 1.